The maximum Gasteiger partial charge on any atom is 0.455 e. The molecule has 0 amide bonds. The monoisotopic (exact) mass is 366 g/mol. The molecule has 0 saturated carbocycles. The van der Waals surface area contributed by atoms with Gasteiger partial charge in [-0.2, -0.15) is 13.2 Å². The van der Waals surface area contributed by atoms with Crippen LogP contribution in [-0.4, -0.2) is 17.1 Å². The number of aromatic hydroxyl groups is 1. The summed E-state index contributed by atoms with van der Waals surface area (Å²) in [6.45, 7) is 0. The molecule has 3 aromatic rings. The number of halogens is 3. The molecule has 0 atom stereocenters. The number of rotatable bonds is 3. The fourth-order valence-electron chi connectivity index (χ4n) is 2.22. The average Bonchev–Trinajstić information content (AvgIpc) is 2.56. The van der Waals surface area contributed by atoms with E-state index in [1.165, 1.54) is 23.9 Å². The number of hydrogen-bond acceptors (Lipinski definition) is 5. The molecule has 0 spiro atoms. The lowest BCUT2D eigenvalue weighted by molar-refractivity contribution is -0.0888. The topological polar surface area (TPSA) is 67.5 Å². The molecular formula is C17H9F3O4S. The molecule has 1 heterocycles. The Morgan fingerprint density at radius 3 is 2.36 bits per heavy atom. The lowest BCUT2D eigenvalue weighted by atomic mass is 10.1. The lowest BCUT2D eigenvalue weighted by Gasteiger charge is -2.10. The van der Waals surface area contributed by atoms with E-state index in [0.29, 0.717) is 4.90 Å². The molecule has 2 aromatic carbocycles. The first-order valence-corrected chi connectivity index (χ1v) is 7.74. The van der Waals surface area contributed by atoms with Gasteiger partial charge in [0.1, 0.15) is 5.75 Å². The van der Waals surface area contributed by atoms with Gasteiger partial charge in [-0.25, -0.2) is 4.79 Å². The first kappa shape index (κ1) is 17.1. The van der Waals surface area contributed by atoms with Crippen molar-refractivity contribution in [3.63, 3.8) is 0 Å². The van der Waals surface area contributed by atoms with Crippen LogP contribution in [0.1, 0.15) is 10.4 Å². The summed E-state index contributed by atoms with van der Waals surface area (Å²) in [6.07, 6.45) is -5.30. The second kappa shape index (κ2) is 6.29. The molecule has 0 aliphatic rings. The number of para-hydroxylation sites is 1. The Morgan fingerprint density at radius 2 is 1.72 bits per heavy atom. The van der Waals surface area contributed by atoms with E-state index in [1.807, 2.05) is 6.07 Å². The van der Waals surface area contributed by atoms with E-state index < -0.39 is 28.9 Å². The minimum Gasteiger partial charge on any atom is -0.506 e. The Hall–Kier alpha value is -2.74. The van der Waals surface area contributed by atoms with Gasteiger partial charge in [-0.15, -0.1) is 0 Å². The third kappa shape index (κ3) is 3.25. The van der Waals surface area contributed by atoms with E-state index in [2.05, 4.69) is 0 Å². The summed E-state index contributed by atoms with van der Waals surface area (Å²) < 4.78 is 42.8. The van der Waals surface area contributed by atoms with Gasteiger partial charge in [-0.05, 0) is 24.3 Å². The zero-order valence-electron chi connectivity index (χ0n) is 12.3. The quantitative estimate of drug-likeness (QED) is 0.550. The summed E-state index contributed by atoms with van der Waals surface area (Å²) in [6, 6.07) is 13.3. The van der Waals surface area contributed by atoms with E-state index >= 15 is 0 Å². The Bertz CT molecular complexity index is 1010. The van der Waals surface area contributed by atoms with Gasteiger partial charge < -0.3 is 9.52 Å². The number of carbonyl (C=O) groups excluding carboxylic acids is 1. The molecule has 3 rings (SSSR count). The highest BCUT2D eigenvalue weighted by Crippen LogP contribution is 2.37. The van der Waals surface area contributed by atoms with E-state index in [-0.39, 0.29) is 11.0 Å². The van der Waals surface area contributed by atoms with Crippen LogP contribution >= 0.6 is 11.8 Å². The average molecular weight is 366 g/mol. The second-order valence-electron chi connectivity index (χ2n) is 4.99. The van der Waals surface area contributed by atoms with Crippen LogP contribution in [0.15, 0.2) is 67.5 Å². The molecule has 0 saturated heterocycles. The van der Waals surface area contributed by atoms with Crippen molar-refractivity contribution in [3.05, 3.63) is 64.5 Å². The van der Waals surface area contributed by atoms with Gasteiger partial charge in [0, 0.05) is 4.90 Å². The fraction of sp³-hybridized carbons (Fsp3) is 0.0588. The summed E-state index contributed by atoms with van der Waals surface area (Å²) in [5.74, 6) is -3.48. The molecule has 0 unspecified atom stereocenters. The Kier molecular flexibility index (Phi) is 4.30. The summed E-state index contributed by atoms with van der Waals surface area (Å²) in [4.78, 5) is 24.5. The maximum absolute atomic E-state index is 12.6. The standard InChI is InChI=1S/C17H9F3O4S/c18-17(19,20)15(22)12-13(21)10-7-4-8-11(14(10)24-16(12)23)25-9-5-2-1-3-6-9/h1-8,21H. The number of Topliss-reactive ketones (excluding diaryl/α,β-unsaturated/α-hetero) is 1. The van der Waals surface area contributed by atoms with Gasteiger partial charge in [0.25, 0.3) is 5.78 Å². The van der Waals surface area contributed by atoms with E-state index in [0.717, 1.165) is 4.90 Å². The Labute approximate surface area is 142 Å². The minimum absolute atomic E-state index is 0.0856. The molecule has 4 nitrogen and oxygen atoms in total. The smallest absolute Gasteiger partial charge is 0.455 e. The minimum atomic E-state index is -5.30. The molecule has 1 N–H and O–H groups in total. The number of fused-ring (bicyclic) bond motifs is 1. The number of benzene rings is 2. The lowest BCUT2D eigenvalue weighted by Crippen LogP contribution is -2.28. The van der Waals surface area contributed by atoms with Crippen molar-refractivity contribution in [2.75, 3.05) is 0 Å². The maximum atomic E-state index is 12.6. The second-order valence-corrected chi connectivity index (χ2v) is 6.10. The first-order chi connectivity index (χ1) is 11.8. The van der Waals surface area contributed by atoms with Crippen molar-refractivity contribution in [1.82, 2.24) is 0 Å². The molecule has 0 aliphatic carbocycles. The molecule has 0 radical (unpaired) electrons. The predicted molar refractivity (Wildman–Crippen MR) is 85.1 cm³/mol. The Morgan fingerprint density at radius 1 is 1.04 bits per heavy atom. The molecule has 8 heteroatoms. The molecule has 0 bridgehead atoms. The van der Waals surface area contributed by atoms with Gasteiger partial charge in [0.05, 0.1) is 10.3 Å². The van der Waals surface area contributed by atoms with Crippen molar-refractivity contribution in [2.45, 2.75) is 16.0 Å². The fourth-order valence-corrected chi connectivity index (χ4v) is 3.16. The van der Waals surface area contributed by atoms with Crippen molar-refractivity contribution in [2.24, 2.45) is 0 Å². The zero-order valence-corrected chi connectivity index (χ0v) is 13.1. The third-order valence-electron chi connectivity index (χ3n) is 3.33. The van der Waals surface area contributed by atoms with E-state index in [1.54, 1.807) is 30.3 Å². The van der Waals surface area contributed by atoms with Crippen molar-refractivity contribution < 1.29 is 27.5 Å². The Balaban J connectivity index is 2.19. The number of ketones is 1. The van der Waals surface area contributed by atoms with Crippen LogP contribution in [0.3, 0.4) is 0 Å². The van der Waals surface area contributed by atoms with Crippen LogP contribution in [0.4, 0.5) is 13.2 Å². The highest BCUT2D eigenvalue weighted by Gasteiger charge is 2.43. The number of carbonyl (C=O) groups is 1. The van der Waals surface area contributed by atoms with E-state index in [9.17, 15) is 27.9 Å². The highest BCUT2D eigenvalue weighted by molar-refractivity contribution is 7.99. The van der Waals surface area contributed by atoms with Crippen LogP contribution in [0.2, 0.25) is 0 Å². The normalized spacial score (nSPS) is 11.6. The summed E-state index contributed by atoms with van der Waals surface area (Å²) in [5, 5.41) is 9.92. The first-order valence-electron chi connectivity index (χ1n) is 6.92. The van der Waals surface area contributed by atoms with Gasteiger partial charge in [0.15, 0.2) is 11.1 Å². The zero-order chi connectivity index (χ0) is 18.2. The molecule has 0 aliphatic heterocycles. The van der Waals surface area contributed by atoms with Crippen LogP contribution < -0.4 is 5.63 Å². The van der Waals surface area contributed by atoms with Gasteiger partial charge in [0.2, 0.25) is 0 Å². The van der Waals surface area contributed by atoms with Gasteiger partial charge in [-0.3, -0.25) is 4.79 Å². The van der Waals surface area contributed by atoms with Crippen molar-refractivity contribution in [3.8, 4) is 5.75 Å². The van der Waals surface area contributed by atoms with Gasteiger partial charge >= 0.3 is 11.8 Å². The molecule has 1 aromatic heterocycles. The van der Waals surface area contributed by atoms with Crippen molar-refractivity contribution >= 4 is 28.5 Å². The predicted octanol–water partition coefficient (Wildman–Crippen LogP) is 4.39. The van der Waals surface area contributed by atoms with Crippen LogP contribution in [0, 0.1) is 0 Å². The molecule has 0 fully saturated rings. The highest BCUT2D eigenvalue weighted by atomic mass is 32.2. The largest absolute Gasteiger partial charge is 0.506 e. The van der Waals surface area contributed by atoms with Gasteiger partial charge in [-0.1, -0.05) is 36.0 Å². The summed E-state index contributed by atoms with van der Waals surface area (Å²) >= 11 is 1.20. The summed E-state index contributed by atoms with van der Waals surface area (Å²) in [5.41, 5.74) is -3.03. The van der Waals surface area contributed by atoms with Crippen LogP contribution in [0.25, 0.3) is 11.0 Å². The summed E-state index contributed by atoms with van der Waals surface area (Å²) in [7, 11) is 0. The molecular weight excluding hydrogens is 357 g/mol. The molecule has 128 valence electrons. The third-order valence-corrected chi connectivity index (χ3v) is 4.37. The molecule has 25 heavy (non-hydrogen) atoms. The van der Waals surface area contributed by atoms with Crippen LogP contribution in [0.5, 0.6) is 5.75 Å². The van der Waals surface area contributed by atoms with E-state index in [4.69, 9.17) is 4.42 Å². The van der Waals surface area contributed by atoms with Crippen LogP contribution in [-0.2, 0) is 0 Å². The number of alkyl halides is 3. The number of hydrogen-bond donors (Lipinski definition) is 1. The SMILES string of the molecule is O=C(c1c(O)c2cccc(Sc3ccccc3)c2oc1=O)C(F)(F)F. The van der Waals surface area contributed by atoms with Crippen molar-refractivity contribution in [1.29, 1.82) is 0 Å².